The van der Waals surface area contributed by atoms with Gasteiger partial charge >= 0.3 is 0 Å². The van der Waals surface area contributed by atoms with Gasteiger partial charge in [-0.25, -0.2) is 0 Å². The summed E-state index contributed by atoms with van der Waals surface area (Å²) in [5.74, 6) is 1.20. The van der Waals surface area contributed by atoms with Crippen molar-refractivity contribution in [3.63, 3.8) is 0 Å². The lowest BCUT2D eigenvalue weighted by Gasteiger charge is -2.22. The van der Waals surface area contributed by atoms with E-state index in [0.717, 1.165) is 13.1 Å². The van der Waals surface area contributed by atoms with Gasteiger partial charge in [0.15, 0.2) is 0 Å². The van der Waals surface area contributed by atoms with Crippen molar-refractivity contribution < 1.29 is 0 Å². The zero-order chi connectivity index (χ0) is 12.3. The molecule has 1 aliphatic heterocycles. The van der Waals surface area contributed by atoms with Crippen LogP contribution in [0.15, 0.2) is 23.1 Å². The molecule has 0 amide bonds. The van der Waals surface area contributed by atoms with Gasteiger partial charge in [-0.05, 0) is 43.2 Å². The third-order valence-corrected chi connectivity index (χ3v) is 4.23. The molecule has 1 heterocycles. The van der Waals surface area contributed by atoms with Crippen LogP contribution in [0.2, 0.25) is 0 Å². The van der Waals surface area contributed by atoms with Gasteiger partial charge in [0.1, 0.15) is 0 Å². The summed E-state index contributed by atoms with van der Waals surface area (Å²) in [6.45, 7) is 6.39. The monoisotopic (exact) mass is 250 g/mol. The second-order valence-corrected chi connectivity index (χ2v) is 5.98. The quantitative estimate of drug-likeness (QED) is 0.815. The molecule has 0 saturated carbocycles. The summed E-state index contributed by atoms with van der Waals surface area (Å²) >= 11 is 1.95. The van der Waals surface area contributed by atoms with Crippen molar-refractivity contribution in [2.75, 3.05) is 23.7 Å². The van der Waals surface area contributed by atoms with Crippen molar-refractivity contribution in [1.29, 1.82) is 0 Å². The van der Waals surface area contributed by atoms with Crippen LogP contribution < -0.4 is 10.6 Å². The molecule has 0 saturated heterocycles. The lowest BCUT2D eigenvalue weighted by Crippen LogP contribution is -2.34. The largest absolute Gasteiger partial charge is 0.369 e. The number of fused-ring (bicyclic) bond motifs is 1. The van der Waals surface area contributed by atoms with Crippen LogP contribution in [0.5, 0.6) is 0 Å². The Hall–Kier alpha value is -0.670. The molecule has 1 atom stereocenters. The van der Waals surface area contributed by atoms with Crippen LogP contribution in [-0.2, 0) is 6.42 Å². The van der Waals surface area contributed by atoms with Crippen LogP contribution in [0.4, 0.5) is 5.69 Å². The third kappa shape index (κ3) is 3.17. The molecule has 1 aliphatic rings. The molecular weight excluding hydrogens is 228 g/mol. The van der Waals surface area contributed by atoms with Gasteiger partial charge in [-0.15, -0.1) is 11.8 Å². The summed E-state index contributed by atoms with van der Waals surface area (Å²) in [5.41, 5.74) is 8.78. The van der Waals surface area contributed by atoms with Crippen LogP contribution in [0.3, 0.4) is 0 Å². The van der Waals surface area contributed by atoms with Gasteiger partial charge < -0.3 is 10.6 Å². The van der Waals surface area contributed by atoms with Crippen LogP contribution in [-0.4, -0.2) is 24.9 Å². The number of hydrogen-bond donors (Lipinski definition) is 1. The molecular formula is C14H22N2S. The number of anilines is 1. The molecule has 0 radical (unpaired) electrons. The second-order valence-electron chi connectivity index (χ2n) is 4.81. The molecule has 1 aromatic rings. The highest BCUT2D eigenvalue weighted by atomic mass is 32.2. The highest BCUT2D eigenvalue weighted by Crippen LogP contribution is 2.32. The first-order valence-corrected chi connectivity index (χ1v) is 7.45. The number of thioether (sulfide) groups is 1. The predicted octanol–water partition coefficient (Wildman–Crippen LogP) is 2.90. The van der Waals surface area contributed by atoms with Crippen molar-refractivity contribution in [3.8, 4) is 0 Å². The summed E-state index contributed by atoms with van der Waals surface area (Å²) in [5, 5.41) is 0. The Bertz CT molecular complexity index is 376. The SMILES string of the molecule is CCCSc1ccc2c(c1)N(CC(C)N)CC2. The van der Waals surface area contributed by atoms with E-state index in [1.54, 1.807) is 0 Å². The number of benzene rings is 1. The van der Waals surface area contributed by atoms with Crippen LogP contribution >= 0.6 is 11.8 Å². The molecule has 0 aromatic heterocycles. The molecule has 1 aromatic carbocycles. The molecule has 0 aliphatic carbocycles. The Balaban J connectivity index is 2.12. The van der Waals surface area contributed by atoms with E-state index in [4.69, 9.17) is 5.73 Å². The van der Waals surface area contributed by atoms with E-state index in [1.165, 1.54) is 34.7 Å². The van der Waals surface area contributed by atoms with Crippen molar-refractivity contribution in [3.05, 3.63) is 23.8 Å². The van der Waals surface area contributed by atoms with Gasteiger partial charge in [0.2, 0.25) is 0 Å². The van der Waals surface area contributed by atoms with E-state index in [1.807, 2.05) is 11.8 Å². The Morgan fingerprint density at radius 2 is 2.29 bits per heavy atom. The first-order chi connectivity index (χ1) is 8.20. The Labute approximate surface area is 109 Å². The van der Waals surface area contributed by atoms with Crippen molar-refractivity contribution in [1.82, 2.24) is 0 Å². The number of nitrogens with two attached hydrogens (primary N) is 1. The molecule has 17 heavy (non-hydrogen) atoms. The third-order valence-electron chi connectivity index (χ3n) is 3.03. The minimum atomic E-state index is 0.243. The maximum Gasteiger partial charge on any atom is 0.0411 e. The topological polar surface area (TPSA) is 29.3 Å². The van der Waals surface area contributed by atoms with E-state index < -0.39 is 0 Å². The molecule has 1 unspecified atom stereocenters. The fraction of sp³-hybridized carbons (Fsp3) is 0.571. The smallest absolute Gasteiger partial charge is 0.0411 e. The van der Waals surface area contributed by atoms with Gasteiger partial charge in [-0.3, -0.25) is 0 Å². The Kier molecular flexibility index (Phi) is 4.35. The molecule has 0 bridgehead atoms. The molecule has 3 heteroatoms. The highest BCUT2D eigenvalue weighted by Gasteiger charge is 2.19. The van der Waals surface area contributed by atoms with Gasteiger partial charge in [0.05, 0.1) is 0 Å². The number of rotatable bonds is 5. The fourth-order valence-electron chi connectivity index (χ4n) is 2.27. The van der Waals surface area contributed by atoms with Gasteiger partial charge in [-0.2, -0.15) is 0 Å². The molecule has 0 spiro atoms. The maximum atomic E-state index is 5.90. The molecule has 2 rings (SSSR count). The zero-order valence-corrected chi connectivity index (χ0v) is 11.6. The standard InChI is InChI=1S/C14H22N2S/c1-3-8-17-13-5-4-12-6-7-16(10-11(2)15)14(12)9-13/h4-5,9,11H,3,6-8,10,15H2,1-2H3. The summed E-state index contributed by atoms with van der Waals surface area (Å²) in [4.78, 5) is 3.82. The molecule has 2 N–H and O–H groups in total. The van der Waals surface area contributed by atoms with E-state index >= 15 is 0 Å². The Morgan fingerprint density at radius 1 is 1.47 bits per heavy atom. The fourth-order valence-corrected chi connectivity index (χ4v) is 3.07. The average molecular weight is 250 g/mol. The first kappa shape index (κ1) is 12.8. The van der Waals surface area contributed by atoms with Gasteiger partial charge in [-0.1, -0.05) is 13.0 Å². The summed E-state index contributed by atoms with van der Waals surface area (Å²) in [7, 11) is 0. The lowest BCUT2D eigenvalue weighted by atomic mass is 10.2. The average Bonchev–Trinajstić information content (AvgIpc) is 2.69. The summed E-state index contributed by atoms with van der Waals surface area (Å²) in [6, 6.07) is 7.13. The minimum absolute atomic E-state index is 0.243. The summed E-state index contributed by atoms with van der Waals surface area (Å²) < 4.78 is 0. The summed E-state index contributed by atoms with van der Waals surface area (Å²) in [6.07, 6.45) is 2.39. The maximum absolute atomic E-state index is 5.90. The zero-order valence-electron chi connectivity index (χ0n) is 10.8. The predicted molar refractivity (Wildman–Crippen MR) is 77.0 cm³/mol. The van der Waals surface area contributed by atoms with E-state index in [2.05, 4.69) is 36.9 Å². The number of nitrogens with zero attached hydrogens (tertiary/aromatic N) is 1. The van der Waals surface area contributed by atoms with Crippen molar-refractivity contribution in [2.24, 2.45) is 5.73 Å². The minimum Gasteiger partial charge on any atom is -0.369 e. The van der Waals surface area contributed by atoms with Crippen LogP contribution in [0.1, 0.15) is 25.8 Å². The normalized spacial score (nSPS) is 16.1. The molecule has 94 valence electrons. The van der Waals surface area contributed by atoms with E-state index in [0.29, 0.717) is 0 Å². The Morgan fingerprint density at radius 3 is 3.00 bits per heavy atom. The number of hydrogen-bond acceptors (Lipinski definition) is 3. The van der Waals surface area contributed by atoms with Crippen molar-refractivity contribution in [2.45, 2.75) is 37.6 Å². The second kappa shape index (κ2) is 5.78. The van der Waals surface area contributed by atoms with Gasteiger partial charge in [0, 0.05) is 29.7 Å². The van der Waals surface area contributed by atoms with Crippen LogP contribution in [0.25, 0.3) is 0 Å². The highest BCUT2D eigenvalue weighted by molar-refractivity contribution is 7.99. The molecule has 2 nitrogen and oxygen atoms in total. The van der Waals surface area contributed by atoms with E-state index in [9.17, 15) is 0 Å². The van der Waals surface area contributed by atoms with Crippen molar-refractivity contribution >= 4 is 17.4 Å². The lowest BCUT2D eigenvalue weighted by molar-refractivity contribution is 0.693. The van der Waals surface area contributed by atoms with E-state index in [-0.39, 0.29) is 6.04 Å². The molecule has 0 fully saturated rings. The van der Waals surface area contributed by atoms with Crippen LogP contribution in [0, 0.1) is 0 Å². The first-order valence-electron chi connectivity index (χ1n) is 6.47. The van der Waals surface area contributed by atoms with Gasteiger partial charge in [0.25, 0.3) is 0 Å².